The van der Waals surface area contributed by atoms with Crippen LogP contribution in [0.1, 0.15) is 20.3 Å². The van der Waals surface area contributed by atoms with Crippen molar-refractivity contribution in [1.82, 2.24) is 4.98 Å². The number of hydrogen-bond acceptors (Lipinski definition) is 4. The second kappa shape index (κ2) is 5.57. The molecule has 1 heterocycles. The molecule has 4 nitrogen and oxygen atoms in total. The first kappa shape index (κ1) is 13.8. The van der Waals surface area contributed by atoms with Crippen molar-refractivity contribution >= 4 is 32.7 Å². The van der Waals surface area contributed by atoms with Gasteiger partial charge in [0, 0.05) is 7.05 Å². The van der Waals surface area contributed by atoms with Gasteiger partial charge in [-0.05, 0) is 24.5 Å². The predicted octanol–water partition coefficient (Wildman–Crippen LogP) is 3.23. The number of nitrogens with zero attached hydrogens (tertiary/aromatic N) is 2. The summed E-state index contributed by atoms with van der Waals surface area (Å²) in [5.74, 6) is -0.464. The van der Waals surface area contributed by atoms with E-state index >= 15 is 0 Å². The van der Waals surface area contributed by atoms with E-state index in [-0.39, 0.29) is 0 Å². The van der Waals surface area contributed by atoms with Crippen molar-refractivity contribution in [3.63, 3.8) is 0 Å². The van der Waals surface area contributed by atoms with Gasteiger partial charge in [-0.25, -0.2) is 9.78 Å². The summed E-state index contributed by atoms with van der Waals surface area (Å²) in [7, 11) is 1.80. The standard InChI is InChI=1S/C14H18N2O2S/c1-9(2)8-11(13(17)18)16(3)14-15-10-6-4-5-7-12(10)19-14/h4-7,9,11H,8H2,1-3H3,(H,17,18)/t11-/m0/s1. The molecule has 5 heteroatoms. The summed E-state index contributed by atoms with van der Waals surface area (Å²) in [6.45, 7) is 4.06. The lowest BCUT2D eigenvalue weighted by Crippen LogP contribution is -2.39. The quantitative estimate of drug-likeness (QED) is 0.912. The van der Waals surface area contributed by atoms with Crippen LogP contribution in [0.5, 0.6) is 0 Å². The molecule has 19 heavy (non-hydrogen) atoms. The van der Waals surface area contributed by atoms with E-state index in [9.17, 15) is 9.90 Å². The fraction of sp³-hybridized carbons (Fsp3) is 0.429. The molecule has 1 aromatic heterocycles. The second-order valence-electron chi connectivity index (χ2n) is 5.06. The monoisotopic (exact) mass is 278 g/mol. The third-order valence-corrected chi connectivity index (χ3v) is 4.16. The number of aliphatic carboxylic acids is 1. The van der Waals surface area contributed by atoms with Crippen LogP contribution in [0.4, 0.5) is 5.13 Å². The topological polar surface area (TPSA) is 53.4 Å². The maximum atomic E-state index is 11.4. The summed E-state index contributed by atoms with van der Waals surface area (Å²) in [4.78, 5) is 17.7. The molecule has 2 rings (SSSR count). The van der Waals surface area contributed by atoms with Crippen molar-refractivity contribution in [2.75, 3.05) is 11.9 Å². The zero-order chi connectivity index (χ0) is 14.0. The Morgan fingerprint density at radius 3 is 2.68 bits per heavy atom. The highest BCUT2D eigenvalue weighted by Crippen LogP contribution is 2.29. The Labute approximate surface area is 116 Å². The molecule has 0 aliphatic rings. The number of thiazole rings is 1. The van der Waals surface area contributed by atoms with Crippen molar-refractivity contribution < 1.29 is 9.90 Å². The summed E-state index contributed by atoms with van der Waals surface area (Å²) in [6, 6.07) is 7.33. The van der Waals surface area contributed by atoms with E-state index in [1.165, 1.54) is 11.3 Å². The number of fused-ring (bicyclic) bond motifs is 1. The number of benzene rings is 1. The third-order valence-electron chi connectivity index (χ3n) is 3.03. The Hall–Kier alpha value is -1.62. The molecule has 0 saturated heterocycles. The van der Waals surface area contributed by atoms with Gasteiger partial charge in [0.2, 0.25) is 0 Å². The number of carboxylic acids is 1. The fourth-order valence-electron chi connectivity index (χ4n) is 2.02. The van der Waals surface area contributed by atoms with E-state index in [0.717, 1.165) is 15.3 Å². The van der Waals surface area contributed by atoms with Crippen molar-refractivity contribution in [3.8, 4) is 0 Å². The Bertz CT molecular complexity index is 547. The average Bonchev–Trinajstić information content (AvgIpc) is 2.78. The zero-order valence-corrected chi connectivity index (χ0v) is 12.1. The first-order valence-electron chi connectivity index (χ1n) is 6.30. The van der Waals surface area contributed by atoms with E-state index in [2.05, 4.69) is 4.98 Å². The van der Waals surface area contributed by atoms with Gasteiger partial charge in [-0.15, -0.1) is 0 Å². The Morgan fingerprint density at radius 2 is 2.11 bits per heavy atom. The van der Waals surface area contributed by atoms with Crippen molar-refractivity contribution in [3.05, 3.63) is 24.3 Å². The van der Waals surface area contributed by atoms with Gasteiger partial charge < -0.3 is 10.0 Å². The molecule has 0 spiro atoms. The van der Waals surface area contributed by atoms with Gasteiger partial charge in [0.15, 0.2) is 5.13 Å². The molecular formula is C14H18N2O2S. The maximum Gasteiger partial charge on any atom is 0.326 e. The van der Waals surface area contributed by atoms with Crippen LogP contribution in [0.15, 0.2) is 24.3 Å². The van der Waals surface area contributed by atoms with Gasteiger partial charge in [-0.2, -0.15) is 0 Å². The lowest BCUT2D eigenvalue weighted by molar-refractivity contribution is -0.138. The zero-order valence-electron chi connectivity index (χ0n) is 11.3. The van der Waals surface area contributed by atoms with Crippen LogP contribution in [0.2, 0.25) is 0 Å². The molecular weight excluding hydrogens is 260 g/mol. The number of anilines is 1. The molecule has 1 aromatic carbocycles. The Morgan fingerprint density at radius 1 is 1.42 bits per heavy atom. The first-order chi connectivity index (χ1) is 8.99. The Kier molecular flexibility index (Phi) is 4.04. The molecule has 1 N–H and O–H groups in total. The summed E-state index contributed by atoms with van der Waals surface area (Å²) in [5.41, 5.74) is 0.919. The van der Waals surface area contributed by atoms with Crippen molar-refractivity contribution in [2.45, 2.75) is 26.3 Å². The highest BCUT2D eigenvalue weighted by Gasteiger charge is 2.25. The third kappa shape index (κ3) is 3.04. The van der Waals surface area contributed by atoms with Gasteiger partial charge in [-0.3, -0.25) is 0 Å². The van der Waals surface area contributed by atoms with Crippen LogP contribution in [0, 0.1) is 5.92 Å². The van der Waals surface area contributed by atoms with Crippen molar-refractivity contribution in [2.24, 2.45) is 5.92 Å². The Balaban J connectivity index is 2.30. The lowest BCUT2D eigenvalue weighted by Gasteiger charge is -2.25. The summed E-state index contributed by atoms with van der Waals surface area (Å²) < 4.78 is 1.08. The normalized spacial score (nSPS) is 12.8. The van der Waals surface area contributed by atoms with Crippen LogP contribution >= 0.6 is 11.3 Å². The summed E-state index contributed by atoms with van der Waals surface area (Å²) in [5, 5.41) is 10.1. The van der Waals surface area contributed by atoms with Gasteiger partial charge in [-0.1, -0.05) is 37.3 Å². The number of rotatable bonds is 5. The minimum absolute atomic E-state index is 0.331. The number of hydrogen-bond donors (Lipinski definition) is 1. The van der Waals surface area contributed by atoms with E-state index in [1.807, 2.05) is 38.1 Å². The number of para-hydroxylation sites is 1. The highest BCUT2D eigenvalue weighted by molar-refractivity contribution is 7.22. The smallest absolute Gasteiger partial charge is 0.326 e. The largest absolute Gasteiger partial charge is 0.480 e. The molecule has 0 aliphatic heterocycles. The molecule has 0 aliphatic carbocycles. The van der Waals surface area contributed by atoms with E-state index < -0.39 is 12.0 Å². The highest BCUT2D eigenvalue weighted by atomic mass is 32.1. The minimum atomic E-state index is -0.796. The van der Waals surface area contributed by atoms with Crippen molar-refractivity contribution in [1.29, 1.82) is 0 Å². The summed E-state index contributed by atoms with van der Waals surface area (Å²) in [6.07, 6.45) is 0.613. The lowest BCUT2D eigenvalue weighted by atomic mass is 10.0. The van der Waals surface area contributed by atoms with Crippen LogP contribution in [-0.2, 0) is 4.79 Å². The molecule has 0 radical (unpaired) electrons. The molecule has 0 fully saturated rings. The number of aromatic nitrogens is 1. The van der Waals surface area contributed by atoms with Crippen LogP contribution < -0.4 is 4.90 Å². The van der Waals surface area contributed by atoms with Crippen LogP contribution in [0.25, 0.3) is 10.2 Å². The van der Waals surface area contributed by atoms with E-state index in [4.69, 9.17) is 0 Å². The predicted molar refractivity (Wildman–Crippen MR) is 78.9 cm³/mol. The summed E-state index contributed by atoms with van der Waals surface area (Å²) >= 11 is 1.53. The average molecular weight is 278 g/mol. The minimum Gasteiger partial charge on any atom is -0.480 e. The van der Waals surface area contributed by atoms with Gasteiger partial charge in [0.1, 0.15) is 6.04 Å². The van der Waals surface area contributed by atoms with E-state index in [1.54, 1.807) is 11.9 Å². The van der Waals surface area contributed by atoms with E-state index in [0.29, 0.717) is 12.3 Å². The SMILES string of the molecule is CC(C)C[C@@H](C(=O)O)N(C)c1nc2ccccc2s1. The van der Waals surface area contributed by atoms with Crippen LogP contribution in [-0.4, -0.2) is 29.1 Å². The second-order valence-corrected chi connectivity index (χ2v) is 6.07. The fourth-order valence-corrected chi connectivity index (χ4v) is 2.99. The molecule has 0 unspecified atom stereocenters. The maximum absolute atomic E-state index is 11.4. The molecule has 0 saturated carbocycles. The number of carboxylic acid groups (broad SMARTS) is 1. The molecule has 0 amide bonds. The van der Waals surface area contributed by atoms with Gasteiger partial charge >= 0.3 is 5.97 Å². The van der Waals surface area contributed by atoms with Gasteiger partial charge in [0.05, 0.1) is 10.2 Å². The van der Waals surface area contributed by atoms with Gasteiger partial charge in [0.25, 0.3) is 0 Å². The molecule has 0 bridgehead atoms. The molecule has 1 atom stereocenters. The number of likely N-dealkylation sites (N-methyl/N-ethyl adjacent to an activating group) is 1. The molecule has 2 aromatic rings. The molecule has 102 valence electrons. The number of carbonyl (C=O) groups is 1. The first-order valence-corrected chi connectivity index (χ1v) is 7.12. The van der Waals surface area contributed by atoms with Crippen LogP contribution in [0.3, 0.4) is 0 Å².